The summed E-state index contributed by atoms with van der Waals surface area (Å²) in [7, 11) is 0. The molecule has 0 fully saturated rings. The lowest BCUT2D eigenvalue weighted by Gasteiger charge is -2.42. The van der Waals surface area contributed by atoms with Crippen molar-refractivity contribution in [2.75, 3.05) is 9.91 Å². The molecule has 3 heterocycles. The van der Waals surface area contributed by atoms with Crippen molar-refractivity contribution in [3.05, 3.63) is 204 Å². The Hall–Kier alpha value is -6.39. The average molecular weight is 672 g/mol. The van der Waals surface area contributed by atoms with Crippen molar-refractivity contribution in [1.29, 1.82) is 0 Å². The van der Waals surface area contributed by atoms with E-state index in [0.29, 0.717) is 0 Å². The van der Waals surface area contributed by atoms with Crippen LogP contribution < -0.4 is 9.91 Å². The van der Waals surface area contributed by atoms with Crippen LogP contribution in [0.1, 0.15) is 53.6 Å². The van der Waals surface area contributed by atoms with Gasteiger partial charge in [-0.2, -0.15) is 5.10 Å². The highest BCUT2D eigenvalue weighted by molar-refractivity contribution is 6.13. The molecule has 2 atom stereocenters. The summed E-state index contributed by atoms with van der Waals surface area (Å²) in [5.41, 5.74) is 13.2. The van der Waals surface area contributed by atoms with Gasteiger partial charge in [-0.15, -0.1) is 0 Å². The molecule has 0 saturated carbocycles. The Kier molecular flexibility index (Phi) is 6.94. The van der Waals surface area contributed by atoms with E-state index in [1.54, 1.807) is 0 Å². The Labute approximate surface area is 303 Å². The second-order valence-corrected chi connectivity index (χ2v) is 14.4. The summed E-state index contributed by atoms with van der Waals surface area (Å²) < 4.78 is 6.93. The number of rotatable bonds is 5. The fraction of sp³-hybridized carbons (Fsp3) is 0.104. The van der Waals surface area contributed by atoms with E-state index < -0.39 is 0 Å². The lowest BCUT2D eigenvalue weighted by Crippen LogP contribution is -2.30. The molecule has 2 aliphatic rings. The van der Waals surface area contributed by atoms with Gasteiger partial charge >= 0.3 is 0 Å². The van der Waals surface area contributed by atoms with Crippen LogP contribution >= 0.6 is 0 Å². The van der Waals surface area contributed by atoms with Crippen LogP contribution in [0.25, 0.3) is 21.9 Å². The minimum Gasteiger partial charge on any atom is -0.456 e. The number of para-hydroxylation sites is 4. The lowest BCUT2D eigenvalue weighted by atomic mass is 9.73. The Bertz CT molecular complexity index is 2580. The molecule has 4 heteroatoms. The third-order valence-corrected chi connectivity index (χ3v) is 11.0. The number of benzene rings is 7. The summed E-state index contributed by atoms with van der Waals surface area (Å²) in [4.78, 5) is 2.46. The van der Waals surface area contributed by atoms with Crippen LogP contribution in [0.4, 0.5) is 22.7 Å². The smallest absolute Gasteiger partial charge is 0.139 e. The van der Waals surface area contributed by atoms with Crippen molar-refractivity contribution >= 4 is 50.4 Å². The molecule has 1 aromatic heterocycles. The molecule has 8 aromatic rings. The molecule has 0 radical (unpaired) electrons. The molecule has 0 aliphatic carbocycles. The van der Waals surface area contributed by atoms with Gasteiger partial charge in [0.2, 0.25) is 0 Å². The average Bonchev–Trinajstić information content (AvgIpc) is 3.79. The summed E-state index contributed by atoms with van der Waals surface area (Å²) in [5.74, 6) is -0.167. The fourth-order valence-corrected chi connectivity index (χ4v) is 8.62. The van der Waals surface area contributed by atoms with E-state index >= 15 is 0 Å². The zero-order valence-electron chi connectivity index (χ0n) is 29.1. The molecule has 0 bridgehead atoms. The van der Waals surface area contributed by atoms with E-state index in [1.165, 1.54) is 28.1 Å². The molecular formula is C48H37N3O. The standard InChI is InChI=1S/C48H37N3O/c1-48(2)39-25-13-15-27-41(39)50(42-28-16-14-26-40(42)48)35-30-37-36-24-12-17-29-43(36)52-47(37)38(31-35)44-45(32-18-6-3-7-19-32)49-51(34-22-10-5-11-23-34)46(44)33-20-8-4-9-21-33/h3-31,44,46H,1-2H3. The second-order valence-electron chi connectivity index (χ2n) is 14.4. The Morgan fingerprint density at radius 3 is 1.83 bits per heavy atom. The molecule has 4 nitrogen and oxygen atoms in total. The summed E-state index contributed by atoms with van der Waals surface area (Å²) in [6, 6.07) is 62.7. The van der Waals surface area contributed by atoms with Gasteiger partial charge in [-0.05, 0) is 64.7 Å². The van der Waals surface area contributed by atoms with Gasteiger partial charge in [-0.3, -0.25) is 5.01 Å². The number of fused-ring (bicyclic) bond motifs is 5. The van der Waals surface area contributed by atoms with Gasteiger partial charge < -0.3 is 9.32 Å². The quantitative estimate of drug-likeness (QED) is 0.182. The van der Waals surface area contributed by atoms with Crippen LogP contribution in [0.15, 0.2) is 185 Å². The van der Waals surface area contributed by atoms with E-state index in [0.717, 1.165) is 50.2 Å². The molecule has 0 spiro atoms. The third kappa shape index (κ3) is 4.64. The van der Waals surface area contributed by atoms with E-state index in [9.17, 15) is 0 Å². The number of hydrazone groups is 1. The van der Waals surface area contributed by atoms with Gasteiger partial charge in [0.15, 0.2) is 0 Å². The molecule has 0 N–H and O–H groups in total. The lowest BCUT2D eigenvalue weighted by molar-refractivity contribution is 0.625. The predicted octanol–water partition coefficient (Wildman–Crippen LogP) is 12.4. The molecule has 52 heavy (non-hydrogen) atoms. The maximum Gasteiger partial charge on any atom is 0.139 e. The van der Waals surface area contributed by atoms with Gasteiger partial charge in [0, 0.05) is 27.4 Å². The molecule has 2 unspecified atom stereocenters. The minimum absolute atomic E-state index is 0.134. The fourth-order valence-electron chi connectivity index (χ4n) is 8.62. The molecule has 2 aliphatic heterocycles. The van der Waals surface area contributed by atoms with Crippen molar-refractivity contribution in [2.24, 2.45) is 5.10 Å². The largest absolute Gasteiger partial charge is 0.456 e. The first-order valence-electron chi connectivity index (χ1n) is 18.1. The molecule has 10 rings (SSSR count). The zero-order chi connectivity index (χ0) is 34.8. The topological polar surface area (TPSA) is 32.0 Å². The van der Waals surface area contributed by atoms with Crippen LogP contribution in [-0.4, -0.2) is 5.71 Å². The van der Waals surface area contributed by atoms with Crippen LogP contribution in [0.5, 0.6) is 0 Å². The van der Waals surface area contributed by atoms with Crippen LogP contribution in [-0.2, 0) is 5.41 Å². The molecular weight excluding hydrogens is 635 g/mol. The number of hydrogen-bond acceptors (Lipinski definition) is 4. The summed E-state index contributed by atoms with van der Waals surface area (Å²) in [6.45, 7) is 4.67. The number of nitrogens with zero attached hydrogens (tertiary/aromatic N) is 3. The normalized spacial score (nSPS) is 17.6. The second kappa shape index (κ2) is 11.9. The van der Waals surface area contributed by atoms with Gasteiger partial charge in [0.1, 0.15) is 11.2 Å². The first kappa shape index (κ1) is 30.4. The van der Waals surface area contributed by atoms with Crippen molar-refractivity contribution in [2.45, 2.75) is 31.2 Å². The predicted molar refractivity (Wildman–Crippen MR) is 214 cm³/mol. The van der Waals surface area contributed by atoms with E-state index in [4.69, 9.17) is 9.52 Å². The van der Waals surface area contributed by atoms with Gasteiger partial charge in [0.25, 0.3) is 0 Å². The highest BCUT2D eigenvalue weighted by Crippen LogP contribution is 2.54. The molecule has 250 valence electrons. The van der Waals surface area contributed by atoms with Crippen LogP contribution in [0.3, 0.4) is 0 Å². The number of anilines is 4. The summed E-state index contributed by atoms with van der Waals surface area (Å²) in [5, 5.41) is 9.95. The first-order chi connectivity index (χ1) is 25.6. The van der Waals surface area contributed by atoms with Gasteiger partial charge in [-0.1, -0.05) is 147 Å². The van der Waals surface area contributed by atoms with Crippen molar-refractivity contribution < 1.29 is 4.42 Å². The Balaban J connectivity index is 1.30. The Morgan fingerprint density at radius 2 is 1.13 bits per heavy atom. The SMILES string of the molecule is CC1(C)c2ccccc2N(c2cc(C3C(c4ccccc4)=NN(c4ccccc4)C3c3ccccc3)c3oc4ccccc4c3c2)c2ccccc21. The van der Waals surface area contributed by atoms with E-state index in [-0.39, 0.29) is 17.4 Å². The van der Waals surface area contributed by atoms with E-state index in [1.807, 2.05) is 0 Å². The zero-order valence-corrected chi connectivity index (χ0v) is 29.1. The third-order valence-electron chi connectivity index (χ3n) is 11.0. The van der Waals surface area contributed by atoms with Crippen molar-refractivity contribution in [3.8, 4) is 0 Å². The van der Waals surface area contributed by atoms with Gasteiger partial charge in [0.05, 0.1) is 34.7 Å². The summed E-state index contributed by atoms with van der Waals surface area (Å²) in [6.07, 6.45) is 0. The highest BCUT2D eigenvalue weighted by Gasteiger charge is 2.43. The van der Waals surface area contributed by atoms with Crippen LogP contribution in [0, 0.1) is 0 Å². The van der Waals surface area contributed by atoms with E-state index in [2.05, 4.69) is 200 Å². The number of hydrogen-bond donors (Lipinski definition) is 0. The summed E-state index contributed by atoms with van der Waals surface area (Å²) >= 11 is 0. The molecule has 0 amide bonds. The number of furan rings is 1. The monoisotopic (exact) mass is 671 g/mol. The molecule has 7 aromatic carbocycles. The maximum atomic E-state index is 6.93. The highest BCUT2D eigenvalue weighted by atomic mass is 16.3. The first-order valence-corrected chi connectivity index (χ1v) is 18.1. The van der Waals surface area contributed by atoms with Crippen LogP contribution in [0.2, 0.25) is 0 Å². The Morgan fingerprint density at radius 1 is 0.558 bits per heavy atom. The van der Waals surface area contributed by atoms with Gasteiger partial charge in [-0.25, -0.2) is 0 Å². The van der Waals surface area contributed by atoms with Crippen molar-refractivity contribution in [1.82, 2.24) is 0 Å². The maximum absolute atomic E-state index is 6.93. The molecule has 0 saturated heterocycles. The van der Waals surface area contributed by atoms with Crippen molar-refractivity contribution in [3.63, 3.8) is 0 Å². The minimum atomic E-state index is -0.167.